The molecule has 0 saturated carbocycles. The molecule has 1 heteroatoms. The molecule has 1 aliphatic carbocycles. The zero-order valence-corrected chi connectivity index (χ0v) is 8.03. The van der Waals surface area contributed by atoms with Crippen LogP contribution in [0.2, 0.25) is 0 Å². The summed E-state index contributed by atoms with van der Waals surface area (Å²) in [7, 11) is 0. The second-order valence-electron chi connectivity index (χ2n) is 3.78. The summed E-state index contributed by atoms with van der Waals surface area (Å²) in [6, 6.07) is 0. The molecule has 2 bridgehead atoms. The fraction of sp³-hybridized carbons (Fsp3) is 0.417. The highest BCUT2D eigenvalue weighted by Crippen LogP contribution is 2.21. The topological polar surface area (TPSA) is 12.4 Å². The minimum absolute atomic E-state index is 0.708. The number of nitrogens with zero attached hydrogens (tertiary/aromatic N) is 1. The maximum Gasteiger partial charge on any atom is 0.0409 e. The lowest BCUT2D eigenvalue weighted by molar-refractivity contribution is 0.615. The van der Waals surface area contributed by atoms with Gasteiger partial charge in [0.05, 0.1) is 0 Å². The van der Waals surface area contributed by atoms with Crippen molar-refractivity contribution >= 4 is 5.71 Å². The molecule has 0 aromatic heterocycles. The molecule has 0 amide bonds. The van der Waals surface area contributed by atoms with Crippen LogP contribution in [0.5, 0.6) is 0 Å². The summed E-state index contributed by atoms with van der Waals surface area (Å²) < 4.78 is 0. The van der Waals surface area contributed by atoms with Gasteiger partial charge in [0, 0.05) is 11.9 Å². The van der Waals surface area contributed by atoms with Crippen LogP contribution in [0.3, 0.4) is 0 Å². The summed E-state index contributed by atoms with van der Waals surface area (Å²) in [4.78, 5) is 4.35. The first-order valence-electron chi connectivity index (χ1n) is 4.93. The molecule has 1 atom stereocenters. The van der Waals surface area contributed by atoms with Crippen molar-refractivity contribution in [1.82, 2.24) is 0 Å². The first-order chi connectivity index (χ1) is 6.34. The highest BCUT2D eigenvalue weighted by Gasteiger charge is 2.11. The number of hydrogen-bond donors (Lipinski definition) is 0. The van der Waals surface area contributed by atoms with E-state index in [1.54, 1.807) is 0 Å². The van der Waals surface area contributed by atoms with E-state index in [1.807, 2.05) is 6.20 Å². The summed E-state index contributed by atoms with van der Waals surface area (Å²) >= 11 is 0. The van der Waals surface area contributed by atoms with E-state index >= 15 is 0 Å². The Hall–Kier alpha value is -1.11. The first kappa shape index (κ1) is 8.49. The SMILES string of the molecule is CC1=C/CCC2C=CN=C(/C=C\1)C2. The average Bonchev–Trinajstić information content (AvgIpc) is 2.20. The van der Waals surface area contributed by atoms with E-state index in [1.165, 1.54) is 24.1 Å². The van der Waals surface area contributed by atoms with Crippen molar-refractivity contribution in [3.05, 3.63) is 36.1 Å². The number of rotatable bonds is 0. The average molecular weight is 173 g/mol. The van der Waals surface area contributed by atoms with Crippen molar-refractivity contribution in [2.24, 2.45) is 10.9 Å². The predicted octanol–water partition coefficient (Wildman–Crippen LogP) is 3.26. The maximum absolute atomic E-state index is 4.35. The predicted molar refractivity (Wildman–Crippen MR) is 56.8 cm³/mol. The Balaban J connectivity index is 2.23. The molecule has 0 saturated heterocycles. The quantitative estimate of drug-likeness (QED) is 0.533. The van der Waals surface area contributed by atoms with Crippen LogP contribution in [0.1, 0.15) is 26.2 Å². The highest BCUT2D eigenvalue weighted by atomic mass is 14.7. The molecule has 0 fully saturated rings. The monoisotopic (exact) mass is 173 g/mol. The maximum atomic E-state index is 4.35. The molecule has 2 aliphatic rings. The Morgan fingerprint density at radius 2 is 2.31 bits per heavy atom. The molecule has 13 heavy (non-hydrogen) atoms. The van der Waals surface area contributed by atoms with E-state index in [0.29, 0.717) is 5.92 Å². The molecule has 68 valence electrons. The van der Waals surface area contributed by atoms with Gasteiger partial charge in [-0.1, -0.05) is 23.8 Å². The number of allylic oxidation sites excluding steroid dienone is 5. The Bertz CT molecular complexity index is 305. The van der Waals surface area contributed by atoms with Crippen molar-refractivity contribution < 1.29 is 0 Å². The van der Waals surface area contributed by atoms with Crippen LogP contribution in [0.4, 0.5) is 0 Å². The summed E-state index contributed by atoms with van der Waals surface area (Å²) in [5, 5.41) is 0. The third kappa shape index (κ3) is 2.18. The summed E-state index contributed by atoms with van der Waals surface area (Å²) in [6.45, 7) is 2.15. The lowest BCUT2D eigenvalue weighted by atomic mass is 9.95. The van der Waals surface area contributed by atoms with E-state index in [2.05, 4.69) is 36.2 Å². The molecule has 1 unspecified atom stereocenters. The van der Waals surface area contributed by atoms with E-state index in [-0.39, 0.29) is 0 Å². The van der Waals surface area contributed by atoms with Gasteiger partial charge in [-0.15, -0.1) is 0 Å². The summed E-state index contributed by atoms with van der Waals surface area (Å²) in [5.74, 6) is 0.708. The van der Waals surface area contributed by atoms with Gasteiger partial charge in [-0.3, -0.25) is 4.99 Å². The van der Waals surface area contributed by atoms with Crippen LogP contribution in [0.25, 0.3) is 0 Å². The van der Waals surface area contributed by atoms with Gasteiger partial charge in [0.2, 0.25) is 0 Å². The Morgan fingerprint density at radius 3 is 3.23 bits per heavy atom. The Kier molecular flexibility index (Phi) is 2.44. The molecule has 1 heterocycles. The number of aliphatic imine (C=N–C) groups is 1. The van der Waals surface area contributed by atoms with Crippen LogP contribution >= 0.6 is 0 Å². The molecular formula is C12H15N. The van der Waals surface area contributed by atoms with Crippen LogP contribution < -0.4 is 0 Å². The van der Waals surface area contributed by atoms with Gasteiger partial charge in [0.15, 0.2) is 0 Å². The Labute approximate surface area is 79.6 Å². The van der Waals surface area contributed by atoms with Crippen LogP contribution in [0, 0.1) is 5.92 Å². The van der Waals surface area contributed by atoms with Crippen LogP contribution in [0.15, 0.2) is 41.1 Å². The molecule has 0 spiro atoms. The van der Waals surface area contributed by atoms with E-state index in [9.17, 15) is 0 Å². The molecule has 1 nitrogen and oxygen atoms in total. The largest absolute Gasteiger partial charge is 0.262 e. The van der Waals surface area contributed by atoms with E-state index in [4.69, 9.17) is 0 Å². The minimum Gasteiger partial charge on any atom is -0.262 e. The molecule has 0 aromatic rings. The highest BCUT2D eigenvalue weighted by molar-refractivity contribution is 5.96. The number of fused-ring (bicyclic) bond motifs is 2. The Morgan fingerprint density at radius 1 is 1.38 bits per heavy atom. The number of hydrogen-bond acceptors (Lipinski definition) is 1. The fourth-order valence-corrected chi connectivity index (χ4v) is 1.78. The van der Waals surface area contributed by atoms with Gasteiger partial charge in [0.25, 0.3) is 0 Å². The molecule has 0 aromatic carbocycles. The molecular weight excluding hydrogens is 158 g/mol. The standard InChI is InChI=1S/C12H15N/c1-10-3-2-4-11-7-8-13-12(9-11)6-5-10/h3,5-8,11H,2,4,9H2,1H3/b6-5-,10-3-. The van der Waals surface area contributed by atoms with Crippen molar-refractivity contribution in [2.45, 2.75) is 26.2 Å². The zero-order chi connectivity index (χ0) is 9.10. The molecule has 0 radical (unpaired) electrons. The van der Waals surface area contributed by atoms with Crippen LogP contribution in [-0.4, -0.2) is 5.71 Å². The normalized spacial score (nSPS) is 33.5. The third-order valence-electron chi connectivity index (χ3n) is 2.61. The summed E-state index contributed by atoms with van der Waals surface area (Å²) in [6.07, 6.45) is 14.4. The van der Waals surface area contributed by atoms with Gasteiger partial charge in [0.1, 0.15) is 0 Å². The van der Waals surface area contributed by atoms with E-state index < -0.39 is 0 Å². The van der Waals surface area contributed by atoms with Gasteiger partial charge in [-0.2, -0.15) is 0 Å². The van der Waals surface area contributed by atoms with Crippen LogP contribution in [-0.2, 0) is 0 Å². The van der Waals surface area contributed by atoms with Gasteiger partial charge < -0.3 is 0 Å². The molecule has 2 rings (SSSR count). The summed E-state index contributed by atoms with van der Waals surface area (Å²) in [5.41, 5.74) is 2.58. The lowest BCUT2D eigenvalue weighted by Crippen LogP contribution is -2.06. The second-order valence-corrected chi connectivity index (χ2v) is 3.78. The fourth-order valence-electron chi connectivity index (χ4n) is 1.78. The first-order valence-corrected chi connectivity index (χ1v) is 4.93. The van der Waals surface area contributed by atoms with Gasteiger partial charge in [-0.25, -0.2) is 0 Å². The lowest BCUT2D eigenvalue weighted by Gasteiger charge is -2.13. The van der Waals surface area contributed by atoms with Gasteiger partial charge >= 0.3 is 0 Å². The third-order valence-corrected chi connectivity index (χ3v) is 2.61. The van der Waals surface area contributed by atoms with Crippen molar-refractivity contribution in [3.63, 3.8) is 0 Å². The van der Waals surface area contributed by atoms with Gasteiger partial charge in [-0.05, 0) is 38.2 Å². The molecule has 0 N–H and O–H groups in total. The van der Waals surface area contributed by atoms with E-state index in [0.717, 1.165) is 6.42 Å². The zero-order valence-electron chi connectivity index (χ0n) is 8.03. The van der Waals surface area contributed by atoms with Crippen molar-refractivity contribution in [1.29, 1.82) is 0 Å². The minimum atomic E-state index is 0.708. The smallest absolute Gasteiger partial charge is 0.0409 e. The second kappa shape index (κ2) is 3.73. The van der Waals surface area contributed by atoms with Crippen molar-refractivity contribution in [3.8, 4) is 0 Å². The molecule has 1 aliphatic heterocycles. The van der Waals surface area contributed by atoms with Crippen molar-refractivity contribution in [2.75, 3.05) is 0 Å².